The SMILES string of the molecule is CC(NC(=O)Cn1ncc(N[C@@H]2C[C@@H]3C[C@H]([C@H]2C)C3(C)C)c(Cl)c1=O)c1ccncn1. The summed E-state index contributed by atoms with van der Waals surface area (Å²) < 4.78 is 1.08. The number of anilines is 1. The average Bonchev–Trinajstić information content (AvgIpc) is 2.74. The van der Waals surface area contributed by atoms with Crippen LogP contribution in [0.15, 0.2) is 29.6 Å². The largest absolute Gasteiger partial charge is 0.379 e. The standard InChI is InChI=1S/C22H29ClN6O2/c1-12-15-7-14(22(15,3)4)8-17(12)28-18-9-26-29(21(31)20(18)23)10-19(30)27-13(2)16-5-6-24-11-25-16/h5-6,9,11-15,17,28H,7-8,10H2,1-4H3,(H,27,30)/t12-,13?,14+,15-,17-/m1/s1. The first kappa shape index (κ1) is 21.7. The van der Waals surface area contributed by atoms with Gasteiger partial charge >= 0.3 is 0 Å². The van der Waals surface area contributed by atoms with E-state index in [1.54, 1.807) is 18.5 Å². The van der Waals surface area contributed by atoms with E-state index in [1.807, 2.05) is 6.92 Å². The van der Waals surface area contributed by atoms with Gasteiger partial charge in [-0.3, -0.25) is 9.59 Å². The topological polar surface area (TPSA) is 102 Å². The highest BCUT2D eigenvalue weighted by Gasteiger charge is 2.56. The van der Waals surface area contributed by atoms with Crippen LogP contribution in [0, 0.1) is 23.2 Å². The average molecular weight is 445 g/mol. The maximum absolute atomic E-state index is 12.7. The highest BCUT2D eigenvalue weighted by atomic mass is 35.5. The number of carbonyl (C=O) groups is 1. The lowest BCUT2D eigenvalue weighted by Crippen LogP contribution is -2.58. The Morgan fingerprint density at radius 3 is 2.81 bits per heavy atom. The van der Waals surface area contributed by atoms with E-state index >= 15 is 0 Å². The molecule has 0 aromatic carbocycles. The van der Waals surface area contributed by atoms with Gasteiger partial charge < -0.3 is 10.6 Å². The molecule has 5 rings (SSSR count). The second-order valence-electron chi connectivity index (χ2n) is 9.46. The Balaban J connectivity index is 1.41. The first-order valence-corrected chi connectivity index (χ1v) is 11.1. The number of rotatable bonds is 6. The molecule has 3 saturated carbocycles. The predicted molar refractivity (Wildman–Crippen MR) is 119 cm³/mol. The molecule has 1 unspecified atom stereocenters. The summed E-state index contributed by atoms with van der Waals surface area (Å²) in [5, 5.41) is 10.5. The van der Waals surface area contributed by atoms with Crippen LogP contribution in [0.2, 0.25) is 5.02 Å². The van der Waals surface area contributed by atoms with Gasteiger partial charge in [0.05, 0.1) is 23.6 Å². The number of amides is 1. The van der Waals surface area contributed by atoms with Gasteiger partial charge in [-0.25, -0.2) is 14.6 Å². The van der Waals surface area contributed by atoms with Gasteiger partial charge in [0.15, 0.2) is 0 Å². The number of carbonyl (C=O) groups excluding carboxylic acids is 1. The molecule has 3 aliphatic rings. The number of aromatic nitrogens is 4. The van der Waals surface area contributed by atoms with Crippen LogP contribution < -0.4 is 16.2 Å². The number of halogens is 1. The fourth-order valence-corrected chi connectivity index (χ4v) is 5.47. The minimum atomic E-state index is -0.481. The van der Waals surface area contributed by atoms with Crippen molar-refractivity contribution in [3.05, 3.63) is 45.9 Å². The molecule has 0 saturated heterocycles. The van der Waals surface area contributed by atoms with E-state index in [-0.39, 0.29) is 29.6 Å². The number of hydrogen-bond acceptors (Lipinski definition) is 6. The number of nitrogens with zero attached hydrogens (tertiary/aromatic N) is 4. The maximum Gasteiger partial charge on any atom is 0.288 e. The van der Waals surface area contributed by atoms with E-state index in [0.29, 0.717) is 34.6 Å². The summed E-state index contributed by atoms with van der Waals surface area (Å²) >= 11 is 6.37. The first-order valence-electron chi connectivity index (χ1n) is 10.8. The van der Waals surface area contributed by atoms with E-state index in [4.69, 9.17) is 11.6 Å². The summed E-state index contributed by atoms with van der Waals surface area (Å²) in [5.41, 5.74) is 1.13. The monoisotopic (exact) mass is 444 g/mol. The molecule has 0 aliphatic heterocycles. The third-order valence-corrected chi connectivity index (χ3v) is 7.76. The van der Waals surface area contributed by atoms with E-state index in [1.165, 1.54) is 12.7 Å². The van der Waals surface area contributed by atoms with Crippen LogP contribution in [0.3, 0.4) is 0 Å². The summed E-state index contributed by atoms with van der Waals surface area (Å²) in [5.74, 6) is 1.52. The van der Waals surface area contributed by atoms with E-state index in [0.717, 1.165) is 11.1 Å². The highest BCUT2D eigenvalue weighted by molar-refractivity contribution is 6.32. The van der Waals surface area contributed by atoms with Crippen molar-refractivity contribution in [3.8, 4) is 0 Å². The molecule has 3 fully saturated rings. The minimum absolute atomic E-state index is 0.0670. The van der Waals surface area contributed by atoms with Crippen molar-refractivity contribution < 1.29 is 4.79 Å². The van der Waals surface area contributed by atoms with Crippen molar-refractivity contribution in [1.29, 1.82) is 0 Å². The molecule has 1 amide bonds. The number of fused-ring (bicyclic) bond motifs is 2. The maximum atomic E-state index is 12.7. The molecule has 31 heavy (non-hydrogen) atoms. The molecule has 2 bridgehead atoms. The molecule has 3 aliphatic carbocycles. The van der Waals surface area contributed by atoms with Crippen molar-refractivity contribution in [1.82, 2.24) is 25.1 Å². The summed E-state index contributed by atoms with van der Waals surface area (Å²) in [6.07, 6.45) is 6.92. The van der Waals surface area contributed by atoms with Gasteiger partial charge in [0, 0.05) is 12.2 Å². The summed E-state index contributed by atoms with van der Waals surface area (Å²) in [6, 6.07) is 1.68. The van der Waals surface area contributed by atoms with Crippen LogP contribution in [-0.2, 0) is 11.3 Å². The zero-order chi connectivity index (χ0) is 22.3. The van der Waals surface area contributed by atoms with Crippen LogP contribution in [0.5, 0.6) is 0 Å². The molecule has 2 heterocycles. The highest BCUT2D eigenvalue weighted by Crippen LogP contribution is 2.61. The predicted octanol–water partition coefficient (Wildman–Crippen LogP) is 3.05. The quantitative estimate of drug-likeness (QED) is 0.710. The van der Waals surface area contributed by atoms with Crippen LogP contribution >= 0.6 is 11.6 Å². The minimum Gasteiger partial charge on any atom is -0.379 e. The van der Waals surface area contributed by atoms with Crippen molar-refractivity contribution in [2.75, 3.05) is 5.32 Å². The second-order valence-corrected chi connectivity index (χ2v) is 9.84. The molecular weight excluding hydrogens is 416 g/mol. The molecule has 0 spiro atoms. The van der Waals surface area contributed by atoms with Gasteiger partial charge in [-0.15, -0.1) is 0 Å². The van der Waals surface area contributed by atoms with Crippen LogP contribution in [0.25, 0.3) is 0 Å². The van der Waals surface area contributed by atoms with Crippen LogP contribution in [0.1, 0.15) is 52.3 Å². The fourth-order valence-electron chi connectivity index (χ4n) is 5.27. The first-order chi connectivity index (χ1) is 14.7. The van der Waals surface area contributed by atoms with E-state index in [9.17, 15) is 9.59 Å². The van der Waals surface area contributed by atoms with Gasteiger partial charge in [0.2, 0.25) is 5.91 Å². The Bertz CT molecular complexity index is 1020. The zero-order valence-electron chi connectivity index (χ0n) is 18.3. The lowest BCUT2D eigenvalue weighted by atomic mass is 9.45. The fraction of sp³-hybridized carbons (Fsp3) is 0.591. The Labute approximate surface area is 186 Å². The Hall–Kier alpha value is -2.48. The van der Waals surface area contributed by atoms with Gasteiger partial charge in [-0.2, -0.15) is 5.10 Å². The van der Waals surface area contributed by atoms with Gasteiger partial charge in [0.25, 0.3) is 5.56 Å². The lowest BCUT2D eigenvalue weighted by molar-refractivity contribution is -0.122. The molecule has 2 aromatic heterocycles. The van der Waals surface area contributed by atoms with Crippen molar-refractivity contribution in [3.63, 3.8) is 0 Å². The molecule has 8 nitrogen and oxygen atoms in total. The van der Waals surface area contributed by atoms with Gasteiger partial charge in [-0.1, -0.05) is 32.4 Å². The number of hydrogen-bond donors (Lipinski definition) is 2. The Morgan fingerprint density at radius 2 is 2.16 bits per heavy atom. The van der Waals surface area contributed by atoms with Crippen molar-refractivity contribution in [2.24, 2.45) is 23.2 Å². The molecular formula is C22H29ClN6O2. The molecule has 2 N–H and O–H groups in total. The zero-order valence-corrected chi connectivity index (χ0v) is 19.1. The van der Waals surface area contributed by atoms with Crippen molar-refractivity contribution >= 4 is 23.2 Å². The summed E-state index contributed by atoms with van der Waals surface area (Å²) in [7, 11) is 0. The number of nitrogens with one attached hydrogen (secondary N) is 2. The van der Waals surface area contributed by atoms with Crippen LogP contribution in [0.4, 0.5) is 5.69 Å². The van der Waals surface area contributed by atoms with Crippen molar-refractivity contribution in [2.45, 2.75) is 59.2 Å². The molecule has 9 heteroatoms. The Kier molecular flexibility index (Phi) is 5.77. The second kappa shape index (κ2) is 8.22. The van der Waals surface area contributed by atoms with Gasteiger partial charge in [-0.05, 0) is 49.0 Å². The van der Waals surface area contributed by atoms with Gasteiger partial charge in [0.1, 0.15) is 17.9 Å². The molecule has 166 valence electrons. The third kappa shape index (κ3) is 4.05. The summed E-state index contributed by atoms with van der Waals surface area (Å²) in [4.78, 5) is 33.1. The summed E-state index contributed by atoms with van der Waals surface area (Å²) in [6.45, 7) is 8.57. The van der Waals surface area contributed by atoms with E-state index in [2.05, 4.69) is 46.5 Å². The molecule has 2 aromatic rings. The molecule has 0 radical (unpaired) electrons. The smallest absolute Gasteiger partial charge is 0.288 e. The van der Waals surface area contributed by atoms with Crippen LogP contribution in [-0.4, -0.2) is 31.7 Å². The lowest BCUT2D eigenvalue weighted by Gasteiger charge is -2.62. The Morgan fingerprint density at radius 1 is 1.39 bits per heavy atom. The molecule has 5 atom stereocenters. The third-order valence-electron chi connectivity index (χ3n) is 7.40. The normalized spacial score (nSPS) is 27.1. The van der Waals surface area contributed by atoms with E-state index < -0.39 is 5.56 Å².